The minimum absolute atomic E-state index is 0.0526. The number of halogens is 1. The maximum absolute atomic E-state index is 12.4. The Hall–Kier alpha value is -2.51. The third-order valence-corrected chi connectivity index (χ3v) is 5.66. The van der Waals surface area contributed by atoms with E-state index in [-0.39, 0.29) is 28.3 Å². The van der Waals surface area contributed by atoms with Gasteiger partial charge in [-0.2, -0.15) is 0 Å². The largest absolute Gasteiger partial charge is 0.478 e. The topological polar surface area (TPSA) is 95.5 Å². The standard InChI is InChI=1S/C20H19ClN2O4S/c1-11(18(24)23-14-6-9-17(21)16(10-14)20(26)27)28-15-7-4-13(5-8-15)22-19(25)12-2-3-12/h4-12H,2-3H2,1H3,(H,22,25)(H,23,24)(H,26,27). The summed E-state index contributed by atoms with van der Waals surface area (Å²) in [6, 6.07) is 11.6. The Morgan fingerprint density at radius 1 is 1.07 bits per heavy atom. The van der Waals surface area contributed by atoms with Gasteiger partial charge in [0.2, 0.25) is 11.8 Å². The summed E-state index contributed by atoms with van der Waals surface area (Å²) in [5.74, 6) is -1.21. The minimum atomic E-state index is -1.16. The Kier molecular flexibility index (Phi) is 6.26. The predicted octanol–water partition coefficient (Wildman–Crippen LogP) is 4.51. The fourth-order valence-corrected chi connectivity index (χ4v) is 3.54. The van der Waals surface area contributed by atoms with Crippen molar-refractivity contribution in [2.75, 3.05) is 10.6 Å². The molecule has 3 rings (SSSR count). The monoisotopic (exact) mass is 418 g/mol. The Labute approximate surface area is 171 Å². The second-order valence-electron chi connectivity index (χ2n) is 6.54. The molecular weight excluding hydrogens is 400 g/mol. The molecule has 3 N–H and O–H groups in total. The van der Waals surface area contributed by atoms with Gasteiger partial charge >= 0.3 is 5.97 Å². The molecule has 1 atom stereocenters. The summed E-state index contributed by atoms with van der Waals surface area (Å²) in [5, 5.41) is 14.4. The second kappa shape index (κ2) is 8.67. The van der Waals surface area contributed by atoms with E-state index < -0.39 is 11.2 Å². The van der Waals surface area contributed by atoms with Gasteiger partial charge in [0.1, 0.15) is 0 Å². The molecule has 0 heterocycles. The number of aromatic carboxylic acids is 1. The van der Waals surface area contributed by atoms with Gasteiger partial charge in [-0.25, -0.2) is 4.79 Å². The number of hydrogen-bond donors (Lipinski definition) is 3. The number of benzene rings is 2. The molecule has 1 aliphatic rings. The summed E-state index contributed by atoms with van der Waals surface area (Å²) in [7, 11) is 0. The van der Waals surface area contributed by atoms with E-state index in [1.165, 1.54) is 23.9 Å². The number of nitrogens with one attached hydrogen (secondary N) is 2. The number of carboxylic acid groups (broad SMARTS) is 1. The van der Waals surface area contributed by atoms with E-state index in [2.05, 4.69) is 10.6 Å². The van der Waals surface area contributed by atoms with Crippen LogP contribution in [0.15, 0.2) is 47.4 Å². The van der Waals surface area contributed by atoms with Crippen LogP contribution >= 0.6 is 23.4 Å². The lowest BCUT2D eigenvalue weighted by Crippen LogP contribution is -2.22. The highest BCUT2D eigenvalue weighted by atomic mass is 35.5. The van der Waals surface area contributed by atoms with Crippen LogP contribution in [0.3, 0.4) is 0 Å². The molecule has 6 nitrogen and oxygen atoms in total. The van der Waals surface area contributed by atoms with Crippen LogP contribution in [0.25, 0.3) is 0 Å². The molecule has 8 heteroatoms. The number of anilines is 2. The van der Waals surface area contributed by atoms with Crippen molar-refractivity contribution in [3.8, 4) is 0 Å². The molecule has 0 saturated heterocycles. The number of amides is 2. The third kappa shape index (κ3) is 5.27. The van der Waals surface area contributed by atoms with Crippen LogP contribution in [0.2, 0.25) is 5.02 Å². The van der Waals surface area contributed by atoms with Gasteiger partial charge in [-0.1, -0.05) is 11.6 Å². The molecule has 2 aromatic carbocycles. The van der Waals surface area contributed by atoms with Crippen molar-refractivity contribution in [2.45, 2.75) is 29.9 Å². The molecule has 0 spiro atoms. The average Bonchev–Trinajstić information content (AvgIpc) is 3.50. The first-order chi connectivity index (χ1) is 13.3. The first-order valence-electron chi connectivity index (χ1n) is 8.75. The second-order valence-corrected chi connectivity index (χ2v) is 8.36. The summed E-state index contributed by atoms with van der Waals surface area (Å²) in [6.07, 6.45) is 1.90. The zero-order valence-electron chi connectivity index (χ0n) is 15.1. The van der Waals surface area contributed by atoms with Crippen molar-refractivity contribution in [3.63, 3.8) is 0 Å². The van der Waals surface area contributed by atoms with Crippen LogP contribution in [0.1, 0.15) is 30.1 Å². The number of carboxylic acids is 1. The van der Waals surface area contributed by atoms with Crippen LogP contribution in [0, 0.1) is 5.92 Å². The molecule has 1 aliphatic carbocycles. The maximum Gasteiger partial charge on any atom is 0.337 e. The molecule has 0 radical (unpaired) electrons. The lowest BCUT2D eigenvalue weighted by Gasteiger charge is -2.13. The molecule has 0 aliphatic heterocycles. The van der Waals surface area contributed by atoms with Gasteiger partial charge in [-0.15, -0.1) is 11.8 Å². The molecule has 1 unspecified atom stereocenters. The van der Waals surface area contributed by atoms with Gasteiger partial charge in [-0.05, 0) is 62.2 Å². The van der Waals surface area contributed by atoms with E-state index in [1.54, 1.807) is 13.0 Å². The normalized spacial score (nSPS) is 14.2. The Bertz CT molecular complexity index is 913. The predicted molar refractivity (Wildman–Crippen MR) is 110 cm³/mol. The van der Waals surface area contributed by atoms with Crippen molar-refractivity contribution in [2.24, 2.45) is 5.92 Å². The fraction of sp³-hybridized carbons (Fsp3) is 0.250. The molecule has 1 fully saturated rings. The summed E-state index contributed by atoms with van der Waals surface area (Å²) in [5.41, 5.74) is 1.04. The molecule has 2 amide bonds. The lowest BCUT2D eigenvalue weighted by molar-refractivity contribution is -0.117. The average molecular weight is 419 g/mol. The molecule has 2 aromatic rings. The van der Waals surface area contributed by atoms with Crippen LogP contribution in [0.5, 0.6) is 0 Å². The molecule has 0 bridgehead atoms. The zero-order chi connectivity index (χ0) is 20.3. The Morgan fingerprint density at radius 3 is 2.32 bits per heavy atom. The third-order valence-electron chi connectivity index (χ3n) is 4.22. The van der Waals surface area contributed by atoms with Crippen LogP contribution in [-0.2, 0) is 9.59 Å². The van der Waals surface area contributed by atoms with E-state index in [9.17, 15) is 14.4 Å². The van der Waals surface area contributed by atoms with Crippen molar-refractivity contribution < 1.29 is 19.5 Å². The highest BCUT2D eigenvalue weighted by molar-refractivity contribution is 8.00. The SMILES string of the molecule is CC(Sc1ccc(NC(=O)C2CC2)cc1)C(=O)Nc1ccc(Cl)c(C(=O)O)c1. The zero-order valence-corrected chi connectivity index (χ0v) is 16.6. The summed E-state index contributed by atoms with van der Waals surface area (Å²) >= 11 is 7.20. The number of thioether (sulfide) groups is 1. The quantitative estimate of drug-likeness (QED) is 0.575. The van der Waals surface area contributed by atoms with Crippen molar-refractivity contribution in [1.82, 2.24) is 0 Å². The summed E-state index contributed by atoms with van der Waals surface area (Å²) in [6.45, 7) is 1.76. The maximum atomic E-state index is 12.4. The summed E-state index contributed by atoms with van der Waals surface area (Å²) in [4.78, 5) is 36.2. The highest BCUT2D eigenvalue weighted by Crippen LogP contribution is 2.31. The lowest BCUT2D eigenvalue weighted by atomic mass is 10.2. The van der Waals surface area contributed by atoms with E-state index in [0.717, 1.165) is 23.4 Å². The van der Waals surface area contributed by atoms with Gasteiger partial charge in [0.15, 0.2) is 0 Å². The van der Waals surface area contributed by atoms with Crippen LogP contribution < -0.4 is 10.6 Å². The van der Waals surface area contributed by atoms with Gasteiger partial charge in [0.25, 0.3) is 0 Å². The van der Waals surface area contributed by atoms with Crippen LogP contribution in [-0.4, -0.2) is 28.1 Å². The number of rotatable bonds is 7. The van der Waals surface area contributed by atoms with Crippen LogP contribution in [0.4, 0.5) is 11.4 Å². The number of carbonyl (C=O) groups is 3. The summed E-state index contributed by atoms with van der Waals surface area (Å²) < 4.78 is 0. The minimum Gasteiger partial charge on any atom is -0.478 e. The van der Waals surface area contributed by atoms with E-state index >= 15 is 0 Å². The molecular formula is C20H19ClN2O4S. The first kappa shape index (κ1) is 20.2. The highest BCUT2D eigenvalue weighted by Gasteiger charge is 2.29. The van der Waals surface area contributed by atoms with E-state index in [4.69, 9.17) is 16.7 Å². The molecule has 28 heavy (non-hydrogen) atoms. The fourth-order valence-electron chi connectivity index (χ4n) is 2.48. The number of hydrogen-bond acceptors (Lipinski definition) is 4. The van der Waals surface area contributed by atoms with Crippen molar-refractivity contribution >= 4 is 52.5 Å². The Morgan fingerprint density at radius 2 is 1.71 bits per heavy atom. The van der Waals surface area contributed by atoms with Gasteiger partial charge in [-0.3, -0.25) is 9.59 Å². The Balaban J connectivity index is 1.57. The number of carbonyl (C=O) groups excluding carboxylic acids is 2. The van der Waals surface area contributed by atoms with Crippen molar-refractivity contribution in [3.05, 3.63) is 53.1 Å². The van der Waals surface area contributed by atoms with Gasteiger partial charge < -0.3 is 15.7 Å². The van der Waals surface area contributed by atoms with E-state index in [1.807, 2.05) is 24.3 Å². The van der Waals surface area contributed by atoms with Crippen molar-refractivity contribution in [1.29, 1.82) is 0 Å². The van der Waals surface area contributed by atoms with E-state index in [0.29, 0.717) is 5.69 Å². The smallest absolute Gasteiger partial charge is 0.337 e. The molecule has 0 aromatic heterocycles. The first-order valence-corrected chi connectivity index (χ1v) is 10.0. The molecule has 1 saturated carbocycles. The molecule has 146 valence electrons. The van der Waals surface area contributed by atoms with Gasteiger partial charge in [0.05, 0.1) is 15.8 Å². The van der Waals surface area contributed by atoms with Gasteiger partial charge in [0, 0.05) is 22.2 Å².